The largest absolute Gasteiger partial charge is 0.479 e. The fourth-order valence-corrected chi connectivity index (χ4v) is 2.77. The zero-order chi connectivity index (χ0) is 18.2. The van der Waals surface area contributed by atoms with E-state index in [4.69, 9.17) is 14.7 Å². The lowest BCUT2D eigenvalue weighted by atomic mass is 9.94. The number of carboxylic acid groups (broad SMARTS) is 1. The summed E-state index contributed by atoms with van der Waals surface area (Å²) in [6, 6.07) is 2.50. The zero-order valence-corrected chi connectivity index (χ0v) is 13.3. The first-order valence-corrected chi connectivity index (χ1v) is 7.64. The molecule has 9 heteroatoms. The van der Waals surface area contributed by atoms with Gasteiger partial charge in [-0.1, -0.05) is 5.16 Å². The monoisotopic (exact) mass is 354 g/mol. The molecule has 1 saturated heterocycles. The quantitative estimate of drug-likeness (QED) is 0.847. The van der Waals surface area contributed by atoms with Gasteiger partial charge in [0.15, 0.2) is 6.10 Å². The van der Waals surface area contributed by atoms with E-state index in [1.165, 1.54) is 6.92 Å². The van der Waals surface area contributed by atoms with Gasteiger partial charge in [0, 0.05) is 24.5 Å². The highest BCUT2D eigenvalue weighted by molar-refractivity contribution is 6.05. The molecule has 0 spiro atoms. The van der Waals surface area contributed by atoms with Crippen LogP contribution in [0.3, 0.4) is 0 Å². The lowest BCUT2D eigenvalue weighted by molar-refractivity contribution is -0.147. The van der Waals surface area contributed by atoms with Gasteiger partial charge in [-0.25, -0.2) is 13.6 Å². The summed E-state index contributed by atoms with van der Waals surface area (Å²) in [5.41, 5.74) is -0.898. The lowest BCUT2D eigenvalue weighted by Gasteiger charge is -2.22. The van der Waals surface area contributed by atoms with Crippen molar-refractivity contribution in [2.45, 2.75) is 37.5 Å². The third-order valence-corrected chi connectivity index (χ3v) is 4.15. The number of rotatable bonds is 4. The second-order valence-electron chi connectivity index (χ2n) is 6.26. The molecule has 25 heavy (non-hydrogen) atoms. The summed E-state index contributed by atoms with van der Waals surface area (Å²) in [4.78, 5) is 28.5. The van der Waals surface area contributed by atoms with Crippen molar-refractivity contribution in [2.75, 3.05) is 6.61 Å². The molecule has 2 N–H and O–H groups in total. The number of ether oxygens (including phenoxy) is 1. The van der Waals surface area contributed by atoms with Crippen LogP contribution in [0.5, 0.6) is 0 Å². The highest BCUT2D eigenvalue weighted by atomic mass is 19.1. The number of nitrogens with zero attached hydrogens (tertiary/aromatic N) is 1. The van der Waals surface area contributed by atoms with Crippen LogP contribution in [0.2, 0.25) is 0 Å². The Kier molecular flexibility index (Phi) is 4.42. The SMILES string of the molecule is C[C@]1(C(=O)N[C@@H]2CO[C@H](C(=O)O)C2)CC(c2cc(F)cc(F)c2)=NO1. The average Bonchev–Trinajstić information content (AvgIpc) is 3.14. The average molecular weight is 354 g/mol. The minimum atomic E-state index is -1.35. The van der Waals surface area contributed by atoms with Gasteiger partial charge in [-0.05, 0) is 19.1 Å². The molecule has 0 aromatic heterocycles. The topological polar surface area (TPSA) is 97.2 Å². The number of carbonyl (C=O) groups excluding carboxylic acids is 1. The summed E-state index contributed by atoms with van der Waals surface area (Å²) >= 11 is 0. The molecule has 0 aliphatic carbocycles. The van der Waals surface area contributed by atoms with Gasteiger partial charge in [0.25, 0.3) is 5.91 Å². The third-order valence-electron chi connectivity index (χ3n) is 4.15. The minimum absolute atomic E-state index is 0.0255. The van der Waals surface area contributed by atoms with E-state index in [0.29, 0.717) is 0 Å². The molecule has 1 aromatic carbocycles. The number of amides is 1. The molecule has 3 atom stereocenters. The maximum Gasteiger partial charge on any atom is 0.332 e. The van der Waals surface area contributed by atoms with Crippen molar-refractivity contribution in [1.82, 2.24) is 5.32 Å². The first-order valence-electron chi connectivity index (χ1n) is 7.64. The van der Waals surface area contributed by atoms with Crippen LogP contribution < -0.4 is 5.32 Å². The molecule has 1 fully saturated rings. The summed E-state index contributed by atoms with van der Waals surface area (Å²) in [5, 5.41) is 15.3. The van der Waals surface area contributed by atoms with Gasteiger partial charge in [-0.15, -0.1) is 0 Å². The van der Waals surface area contributed by atoms with E-state index in [-0.39, 0.29) is 30.7 Å². The zero-order valence-electron chi connectivity index (χ0n) is 13.3. The van der Waals surface area contributed by atoms with Gasteiger partial charge >= 0.3 is 5.97 Å². The number of benzene rings is 1. The Morgan fingerprint density at radius 3 is 2.60 bits per heavy atom. The molecule has 0 unspecified atom stereocenters. The number of hydrogen-bond donors (Lipinski definition) is 2. The Balaban J connectivity index is 1.64. The molecular formula is C16H16F2N2O5. The van der Waals surface area contributed by atoms with Crippen LogP contribution in [0.1, 0.15) is 25.3 Å². The highest BCUT2D eigenvalue weighted by Gasteiger charge is 2.44. The van der Waals surface area contributed by atoms with Crippen LogP contribution in [0.4, 0.5) is 8.78 Å². The van der Waals surface area contributed by atoms with Crippen molar-refractivity contribution in [1.29, 1.82) is 0 Å². The maximum absolute atomic E-state index is 13.3. The van der Waals surface area contributed by atoms with Gasteiger partial charge in [-0.3, -0.25) is 4.79 Å². The molecule has 3 rings (SSSR count). The van der Waals surface area contributed by atoms with E-state index in [9.17, 15) is 18.4 Å². The van der Waals surface area contributed by atoms with Crippen molar-refractivity contribution in [3.63, 3.8) is 0 Å². The predicted molar refractivity (Wildman–Crippen MR) is 80.9 cm³/mol. The van der Waals surface area contributed by atoms with Crippen LogP contribution >= 0.6 is 0 Å². The van der Waals surface area contributed by atoms with E-state index in [1.54, 1.807) is 0 Å². The molecule has 2 aliphatic heterocycles. The number of carbonyl (C=O) groups is 2. The Morgan fingerprint density at radius 1 is 1.32 bits per heavy atom. The molecule has 2 heterocycles. The highest BCUT2D eigenvalue weighted by Crippen LogP contribution is 2.28. The molecule has 0 saturated carbocycles. The number of oxime groups is 1. The maximum atomic E-state index is 13.3. The van der Waals surface area contributed by atoms with Gasteiger partial charge < -0.3 is 20.0 Å². The lowest BCUT2D eigenvalue weighted by Crippen LogP contribution is -2.49. The molecule has 2 aliphatic rings. The number of nitrogens with one attached hydrogen (secondary N) is 1. The summed E-state index contributed by atoms with van der Waals surface area (Å²) in [6.07, 6.45) is -0.776. The normalized spacial score (nSPS) is 28.4. The number of aliphatic carboxylic acids is 1. The Bertz CT molecular complexity index is 734. The van der Waals surface area contributed by atoms with E-state index < -0.39 is 41.3 Å². The van der Waals surface area contributed by atoms with Gasteiger partial charge in [-0.2, -0.15) is 0 Å². The first kappa shape index (κ1) is 17.3. The van der Waals surface area contributed by atoms with Crippen molar-refractivity contribution in [3.8, 4) is 0 Å². The van der Waals surface area contributed by atoms with Gasteiger partial charge in [0.2, 0.25) is 5.60 Å². The van der Waals surface area contributed by atoms with Gasteiger partial charge in [0.05, 0.1) is 18.4 Å². The van der Waals surface area contributed by atoms with Crippen molar-refractivity contribution < 1.29 is 33.1 Å². The summed E-state index contributed by atoms with van der Waals surface area (Å²) in [7, 11) is 0. The molecule has 1 aromatic rings. The van der Waals surface area contributed by atoms with E-state index in [0.717, 1.165) is 18.2 Å². The standard InChI is InChI=1S/C16H16F2N2O5/c1-16(15(23)19-11-5-13(14(21)22)24-7-11)6-12(20-25-16)8-2-9(17)4-10(18)3-8/h2-4,11,13H,5-7H2,1H3,(H,19,23)(H,21,22)/t11-,13-,16+/m0/s1. The summed E-state index contributed by atoms with van der Waals surface area (Å²) < 4.78 is 31.7. The van der Waals surface area contributed by atoms with Crippen molar-refractivity contribution in [3.05, 3.63) is 35.4 Å². The third kappa shape index (κ3) is 3.60. The van der Waals surface area contributed by atoms with Crippen LogP contribution in [-0.4, -0.2) is 47.0 Å². The number of hydrogen-bond acceptors (Lipinski definition) is 5. The van der Waals surface area contributed by atoms with Crippen LogP contribution in [0, 0.1) is 11.6 Å². The van der Waals surface area contributed by atoms with Crippen LogP contribution in [0.25, 0.3) is 0 Å². The van der Waals surface area contributed by atoms with E-state index >= 15 is 0 Å². The first-order chi connectivity index (χ1) is 11.8. The van der Waals surface area contributed by atoms with Crippen LogP contribution in [-0.2, 0) is 19.2 Å². The van der Waals surface area contributed by atoms with Gasteiger partial charge in [0.1, 0.15) is 11.6 Å². The molecular weight excluding hydrogens is 338 g/mol. The predicted octanol–water partition coefficient (Wildman–Crippen LogP) is 1.21. The molecule has 1 amide bonds. The molecule has 7 nitrogen and oxygen atoms in total. The Morgan fingerprint density at radius 2 is 2.00 bits per heavy atom. The minimum Gasteiger partial charge on any atom is -0.479 e. The summed E-state index contributed by atoms with van der Waals surface area (Å²) in [5.74, 6) is -3.08. The summed E-state index contributed by atoms with van der Waals surface area (Å²) in [6.45, 7) is 1.58. The fraction of sp³-hybridized carbons (Fsp3) is 0.438. The van der Waals surface area contributed by atoms with Crippen molar-refractivity contribution >= 4 is 17.6 Å². The second-order valence-corrected chi connectivity index (χ2v) is 6.26. The smallest absolute Gasteiger partial charge is 0.332 e. The Labute approximate surface area is 141 Å². The van der Waals surface area contributed by atoms with E-state index in [1.807, 2.05) is 0 Å². The van der Waals surface area contributed by atoms with Crippen LogP contribution in [0.15, 0.2) is 23.4 Å². The molecule has 134 valence electrons. The molecule has 0 bridgehead atoms. The Hall–Kier alpha value is -2.55. The number of halogens is 2. The fourth-order valence-electron chi connectivity index (χ4n) is 2.77. The molecule has 0 radical (unpaired) electrons. The number of carboxylic acids is 1. The van der Waals surface area contributed by atoms with E-state index in [2.05, 4.69) is 10.5 Å². The van der Waals surface area contributed by atoms with Crippen molar-refractivity contribution in [2.24, 2.45) is 5.16 Å². The second kappa shape index (κ2) is 6.40.